The number of tetrazole rings is 1. The topological polar surface area (TPSA) is 78.8 Å². The minimum Gasteiger partial charge on any atom is -0.398 e. The molecule has 0 radical (unpaired) electrons. The summed E-state index contributed by atoms with van der Waals surface area (Å²) in [6, 6.07) is 5.93. The Labute approximate surface area is 117 Å². The Balaban J connectivity index is 2.08. The van der Waals surface area contributed by atoms with Gasteiger partial charge in [-0.2, -0.15) is 0 Å². The second kappa shape index (κ2) is 4.86. The van der Waals surface area contributed by atoms with Gasteiger partial charge in [-0.15, -0.1) is 5.10 Å². The number of nitrogen functional groups attached to an aromatic ring is 1. The maximum atomic E-state index is 6.18. The van der Waals surface area contributed by atoms with Gasteiger partial charge in [0.15, 0.2) is 5.82 Å². The molecule has 0 unspecified atom stereocenters. The monoisotopic (exact) mass is 273 g/mol. The molecule has 2 heterocycles. The van der Waals surface area contributed by atoms with Crippen molar-refractivity contribution >= 4 is 5.69 Å². The average Bonchev–Trinajstić information content (AvgIpc) is 2.93. The molecule has 0 aliphatic carbocycles. The fourth-order valence-electron chi connectivity index (χ4n) is 2.62. The lowest BCUT2D eigenvalue weighted by molar-refractivity contribution is 0.0240. The van der Waals surface area contributed by atoms with E-state index in [-0.39, 0.29) is 5.54 Å². The number of para-hydroxylation sites is 1. The van der Waals surface area contributed by atoms with Crippen LogP contribution in [0.5, 0.6) is 0 Å². The summed E-state index contributed by atoms with van der Waals surface area (Å²) >= 11 is 0. The van der Waals surface area contributed by atoms with Crippen molar-refractivity contribution in [1.82, 2.24) is 20.2 Å². The van der Waals surface area contributed by atoms with Crippen LogP contribution in [-0.4, -0.2) is 33.4 Å². The van der Waals surface area contributed by atoms with Crippen LogP contribution >= 0.6 is 0 Å². The van der Waals surface area contributed by atoms with Crippen LogP contribution in [0.3, 0.4) is 0 Å². The number of ether oxygens (including phenoxy) is 1. The van der Waals surface area contributed by atoms with Crippen LogP contribution in [0.25, 0.3) is 11.4 Å². The highest BCUT2D eigenvalue weighted by molar-refractivity contribution is 5.74. The highest BCUT2D eigenvalue weighted by atomic mass is 16.5. The summed E-state index contributed by atoms with van der Waals surface area (Å²) in [6.07, 6.45) is 1.80. The Morgan fingerprint density at radius 3 is 2.80 bits per heavy atom. The predicted molar refractivity (Wildman–Crippen MR) is 76.1 cm³/mol. The number of rotatable bonds is 2. The quantitative estimate of drug-likeness (QED) is 0.843. The lowest BCUT2D eigenvalue weighted by atomic mass is 9.92. The third-order valence-electron chi connectivity index (χ3n) is 4.12. The maximum Gasteiger partial charge on any atom is 0.184 e. The van der Waals surface area contributed by atoms with Gasteiger partial charge >= 0.3 is 0 Å². The molecule has 2 aromatic rings. The van der Waals surface area contributed by atoms with E-state index in [0.29, 0.717) is 0 Å². The van der Waals surface area contributed by atoms with E-state index >= 15 is 0 Å². The molecule has 1 fully saturated rings. The molecule has 1 aromatic heterocycles. The van der Waals surface area contributed by atoms with E-state index in [1.165, 1.54) is 0 Å². The summed E-state index contributed by atoms with van der Waals surface area (Å²) in [5.41, 5.74) is 8.73. The first-order valence-electron chi connectivity index (χ1n) is 6.84. The minimum absolute atomic E-state index is 0.118. The fourth-order valence-corrected chi connectivity index (χ4v) is 2.62. The van der Waals surface area contributed by atoms with E-state index in [1.807, 2.05) is 29.8 Å². The Morgan fingerprint density at radius 1 is 1.30 bits per heavy atom. The van der Waals surface area contributed by atoms with E-state index in [1.54, 1.807) is 0 Å². The summed E-state index contributed by atoms with van der Waals surface area (Å²) in [5, 5.41) is 12.2. The smallest absolute Gasteiger partial charge is 0.184 e. The van der Waals surface area contributed by atoms with E-state index in [0.717, 1.165) is 48.7 Å². The molecular formula is C14H19N5O. The van der Waals surface area contributed by atoms with Crippen molar-refractivity contribution in [3.63, 3.8) is 0 Å². The third kappa shape index (κ3) is 2.06. The summed E-state index contributed by atoms with van der Waals surface area (Å²) < 4.78 is 7.35. The van der Waals surface area contributed by atoms with Crippen LogP contribution in [0.1, 0.15) is 25.3 Å². The average molecular weight is 273 g/mol. The van der Waals surface area contributed by atoms with Crippen LogP contribution in [0.4, 0.5) is 5.69 Å². The minimum atomic E-state index is -0.118. The van der Waals surface area contributed by atoms with Gasteiger partial charge < -0.3 is 10.5 Å². The number of aromatic nitrogens is 4. The molecule has 2 N–H and O–H groups in total. The van der Waals surface area contributed by atoms with Crippen molar-refractivity contribution in [2.75, 3.05) is 18.9 Å². The van der Waals surface area contributed by atoms with Crippen LogP contribution < -0.4 is 5.73 Å². The zero-order valence-electron chi connectivity index (χ0n) is 11.8. The highest BCUT2D eigenvalue weighted by Crippen LogP contribution is 2.33. The van der Waals surface area contributed by atoms with Gasteiger partial charge in [-0.1, -0.05) is 12.1 Å². The number of anilines is 1. The number of hydrogen-bond acceptors (Lipinski definition) is 5. The lowest BCUT2D eigenvalue weighted by Gasteiger charge is -2.34. The molecular weight excluding hydrogens is 254 g/mol. The normalized spacial score (nSPS) is 18.1. The Hall–Kier alpha value is -1.95. The summed E-state index contributed by atoms with van der Waals surface area (Å²) in [4.78, 5) is 0. The van der Waals surface area contributed by atoms with E-state index in [9.17, 15) is 0 Å². The number of benzene rings is 1. The number of hydrogen-bond donors (Lipinski definition) is 1. The van der Waals surface area contributed by atoms with Gasteiger partial charge in [0.25, 0.3) is 0 Å². The number of aryl methyl sites for hydroxylation is 1. The first-order valence-corrected chi connectivity index (χ1v) is 6.84. The van der Waals surface area contributed by atoms with Crippen molar-refractivity contribution in [2.24, 2.45) is 0 Å². The van der Waals surface area contributed by atoms with Crippen LogP contribution in [0, 0.1) is 6.92 Å². The van der Waals surface area contributed by atoms with Gasteiger partial charge in [-0.3, -0.25) is 0 Å². The highest BCUT2D eigenvalue weighted by Gasteiger charge is 2.33. The maximum absolute atomic E-state index is 6.18. The summed E-state index contributed by atoms with van der Waals surface area (Å²) in [5.74, 6) is 0.732. The molecule has 1 aromatic carbocycles. The molecule has 1 aliphatic rings. The van der Waals surface area contributed by atoms with Crippen molar-refractivity contribution < 1.29 is 4.74 Å². The molecule has 0 amide bonds. The molecule has 20 heavy (non-hydrogen) atoms. The first-order chi connectivity index (χ1) is 9.62. The van der Waals surface area contributed by atoms with Crippen molar-refractivity contribution in [1.29, 1.82) is 0 Å². The van der Waals surface area contributed by atoms with Gasteiger partial charge in [0.2, 0.25) is 0 Å². The first kappa shape index (κ1) is 13.1. The molecule has 3 rings (SSSR count). The zero-order valence-corrected chi connectivity index (χ0v) is 11.8. The second-order valence-corrected chi connectivity index (χ2v) is 5.56. The lowest BCUT2D eigenvalue weighted by Crippen LogP contribution is -2.38. The Kier molecular flexibility index (Phi) is 3.17. The molecule has 0 atom stereocenters. The Bertz CT molecular complexity index is 616. The van der Waals surface area contributed by atoms with Gasteiger partial charge in [0.1, 0.15) is 0 Å². The molecule has 106 valence electrons. The molecule has 1 aliphatic heterocycles. The second-order valence-electron chi connectivity index (χ2n) is 5.56. The summed E-state index contributed by atoms with van der Waals surface area (Å²) in [7, 11) is 0. The van der Waals surface area contributed by atoms with Gasteiger partial charge in [-0.05, 0) is 48.7 Å². The predicted octanol–water partition coefficient (Wildman–Crippen LogP) is 1.76. The van der Waals surface area contributed by atoms with Crippen molar-refractivity contribution in [3.05, 3.63) is 23.8 Å². The largest absolute Gasteiger partial charge is 0.398 e. The third-order valence-corrected chi connectivity index (χ3v) is 4.12. The molecule has 0 spiro atoms. The summed E-state index contributed by atoms with van der Waals surface area (Å²) in [6.45, 7) is 5.63. The zero-order chi connectivity index (χ0) is 14.2. The molecule has 1 saturated heterocycles. The number of nitrogens with zero attached hydrogens (tertiary/aromatic N) is 4. The van der Waals surface area contributed by atoms with Gasteiger partial charge in [0, 0.05) is 24.5 Å². The van der Waals surface area contributed by atoms with Crippen LogP contribution in [0.2, 0.25) is 0 Å². The van der Waals surface area contributed by atoms with Crippen LogP contribution in [-0.2, 0) is 10.3 Å². The molecule has 6 nitrogen and oxygen atoms in total. The van der Waals surface area contributed by atoms with E-state index < -0.39 is 0 Å². The fraction of sp³-hybridized carbons (Fsp3) is 0.500. The van der Waals surface area contributed by atoms with E-state index in [4.69, 9.17) is 10.5 Å². The van der Waals surface area contributed by atoms with Crippen LogP contribution in [0.15, 0.2) is 18.2 Å². The SMILES string of the molecule is Cc1cccc(-c2nnnn2C2(C)CCOCC2)c1N. The van der Waals surface area contributed by atoms with E-state index in [2.05, 4.69) is 22.4 Å². The number of nitrogens with two attached hydrogens (primary N) is 1. The van der Waals surface area contributed by atoms with Gasteiger partial charge in [0.05, 0.1) is 5.54 Å². The van der Waals surface area contributed by atoms with Gasteiger partial charge in [-0.25, -0.2) is 4.68 Å². The standard InChI is InChI=1S/C14H19N5O/c1-10-4-3-5-11(12(10)15)13-16-17-18-19(13)14(2)6-8-20-9-7-14/h3-5H,6-9,15H2,1-2H3. The van der Waals surface area contributed by atoms with Crippen molar-refractivity contribution in [2.45, 2.75) is 32.2 Å². The molecule has 0 bridgehead atoms. The van der Waals surface area contributed by atoms with Crippen molar-refractivity contribution in [3.8, 4) is 11.4 Å². The molecule has 6 heteroatoms. The Morgan fingerprint density at radius 2 is 2.05 bits per heavy atom. The molecule has 0 saturated carbocycles.